The van der Waals surface area contributed by atoms with E-state index >= 15 is 0 Å². The molecule has 0 aromatic heterocycles. The van der Waals surface area contributed by atoms with Crippen LogP contribution in [0.25, 0.3) is 0 Å². The van der Waals surface area contributed by atoms with E-state index < -0.39 is 11.1 Å². The van der Waals surface area contributed by atoms with Gasteiger partial charge in [0, 0.05) is 11.0 Å². The summed E-state index contributed by atoms with van der Waals surface area (Å²) in [5, 5.41) is 0. The van der Waals surface area contributed by atoms with Crippen molar-refractivity contribution in [1.82, 2.24) is 0 Å². The van der Waals surface area contributed by atoms with Crippen molar-refractivity contribution in [1.29, 1.82) is 0 Å². The molecule has 1 saturated carbocycles. The highest BCUT2D eigenvalue weighted by molar-refractivity contribution is 5.14. The van der Waals surface area contributed by atoms with E-state index in [-0.39, 0.29) is 5.54 Å². The lowest BCUT2D eigenvalue weighted by molar-refractivity contribution is 0.0220. The average molecular weight is 159 g/mol. The van der Waals surface area contributed by atoms with E-state index in [2.05, 4.69) is 0 Å². The SMILES string of the molecule is CC(C)(F)C(C)(C)C1(N)CC1. The summed E-state index contributed by atoms with van der Waals surface area (Å²) in [7, 11) is 0. The Kier molecular flexibility index (Phi) is 1.61. The van der Waals surface area contributed by atoms with Gasteiger partial charge in [0.2, 0.25) is 0 Å². The lowest BCUT2D eigenvalue weighted by Crippen LogP contribution is -2.51. The Labute approximate surface area is 68.2 Å². The Bertz CT molecular complexity index is 156. The van der Waals surface area contributed by atoms with Crippen LogP contribution in [-0.2, 0) is 0 Å². The smallest absolute Gasteiger partial charge is 0.112 e. The predicted molar refractivity (Wildman–Crippen MR) is 45.1 cm³/mol. The van der Waals surface area contributed by atoms with E-state index in [0.717, 1.165) is 12.8 Å². The van der Waals surface area contributed by atoms with Gasteiger partial charge in [-0.1, -0.05) is 13.8 Å². The molecule has 0 bridgehead atoms. The predicted octanol–water partition coefficient (Wildman–Crippen LogP) is 2.25. The van der Waals surface area contributed by atoms with Crippen LogP contribution in [0.4, 0.5) is 4.39 Å². The summed E-state index contributed by atoms with van der Waals surface area (Å²) in [5.74, 6) is 0. The molecule has 1 aliphatic carbocycles. The third-order valence-electron chi connectivity index (χ3n) is 3.52. The summed E-state index contributed by atoms with van der Waals surface area (Å²) in [4.78, 5) is 0. The zero-order valence-electron chi connectivity index (χ0n) is 7.87. The molecule has 0 aromatic carbocycles. The summed E-state index contributed by atoms with van der Waals surface area (Å²) < 4.78 is 13.6. The van der Waals surface area contributed by atoms with Crippen LogP contribution in [0.1, 0.15) is 40.5 Å². The van der Waals surface area contributed by atoms with Gasteiger partial charge < -0.3 is 5.73 Å². The van der Waals surface area contributed by atoms with Gasteiger partial charge in [-0.05, 0) is 26.7 Å². The van der Waals surface area contributed by atoms with Crippen molar-refractivity contribution in [3.8, 4) is 0 Å². The molecule has 0 amide bonds. The van der Waals surface area contributed by atoms with Crippen molar-refractivity contribution in [2.45, 2.75) is 51.7 Å². The number of halogens is 1. The second-order valence-corrected chi connectivity index (χ2v) is 4.75. The van der Waals surface area contributed by atoms with Gasteiger partial charge in [0.05, 0.1) is 0 Å². The molecule has 1 rings (SSSR count). The number of alkyl halides is 1. The fourth-order valence-corrected chi connectivity index (χ4v) is 1.35. The zero-order chi connectivity index (χ0) is 8.91. The zero-order valence-corrected chi connectivity index (χ0v) is 7.87. The van der Waals surface area contributed by atoms with Crippen LogP contribution in [0.15, 0.2) is 0 Å². The van der Waals surface area contributed by atoms with E-state index in [0.29, 0.717) is 0 Å². The molecule has 11 heavy (non-hydrogen) atoms. The molecule has 0 heterocycles. The lowest BCUT2D eigenvalue weighted by atomic mass is 9.71. The third kappa shape index (κ3) is 1.18. The van der Waals surface area contributed by atoms with Crippen LogP contribution in [0, 0.1) is 5.41 Å². The Morgan fingerprint density at radius 2 is 1.55 bits per heavy atom. The highest BCUT2D eigenvalue weighted by Gasteiger charge is 2.58. The first-order chi connectivity index (χ1) is 4.71. The molecule has 0 unspecified atom stereocenters. The van der Waals surface area contributed by atoms with Gasteiger partial charge in [-0.2, -0.15) is 0 Å². The average Bonchev–Trinajstić information content (AvgIpc) is 2.45. The molecule has 0 spiro atoms. The van der Waals surface area contributed by atoms with Crippen LogP contribution in [0.2, 0.25) is 0 Å². The Hall–Kier alpha value is -0.110. The standard InChI is InChI=1S/C9H18FN/c1-7(2,8(3,4)10)9(11)5-6-9/h5-6,11H2,1-4H3. The Morgan fingerprint density at radius 1 is 1.18 bits per heavy atom. The van der Waals surface area contributed by atoms with E-state index in [4.69, 9.17) is 5.73 Å². The van der Waals surface area contributed by atoms with Crippen molar-refractivity contribution in [3.05, 3.63) is 0 Å². The summed E-state index contributed by atoms with van der Waals surface area (Å²) in [6, 6.07) is 0. The molecule has 0 aromatic rings. The van der Waals surface area contributed by atoms with Gasteiger partial charge in [0.25, 0.3) is 0 Å². The molecular weight excluding hydrogens is 141 g/mol. The first-order valence-corrected chi connectivity index (χ1v) is 4.18. The van der Waals surface area contributed by atoms with Crippen LogP contribution >= 0.6 is 0 Å². The minimum absolute atomic E-state index is 0.245. The van der Waals surface area contributed by atoms with Gasteiger partial charge in [0.15, 0.2) is 0 Å². The maximum atomic E-state index is 13.6. The second kappa shape index (κ2) is 1.98. The van der Waals surface area contributed by atoms with Crippen molar-refractivity contribution in [2.75, 3.05) is 0 Å². The minimum atomic E-state index is -1.18. The molecule has 0 aliphatic heterocycles. The number of hydrogen-bond acceptors (Lipinski definition) is 1. The maximum Gasteiger partial charge on any atom is 0.112 e. The molecule has 0 atom stereocenters. The number of nitrogens with two attached hydrogens (primary N) is 1. The van der Waals surface area contributed by atoms with Gasteiger partial charge >= 0.3 is 0 Å². The summed E-state index contributed by atoms with van der Waals surface area (Å²) in [6.45, 7) is 7.06. The van der Waals surface area contributed by atoms with Crippen molar-refractivity contribution < 1.29 is 4.39 Å². The largest absolute Gasteiger partial charge is 0.325 e. The van der Waals surface area contributed by atoms with Crippen molar-refractivity contribution in [3.63, 3.8) is 0 Å². The minimum Gasteiger partial charge on any atom is -0.325 e. The van der Waals surface area contributed by atoms with Crippen molar-refractivity contribution >= 4 is 0 Å². The topological polar surface area (TPSA) is 26.0 Å². The quantitative estimate of drug-likeness (QED) is 0.657. The Morgan fingerprint density at radius 3 is 1.64 bits per heavy atom. The maximum absolute atomic E-state index is 13.6. The highest BCUT2D eigenvalue weighted by Crippen LogP contribution is 2.54. The van der Waals surface area contributed by atoms with Crippen LogP contribution < -0.4 is 5.73 Å². The van der Waals surface area contributed by atoms with Crippen LogP contribution in [0.3, 0.4) is 0 Å². The molecule has 2 heteroatoms. The fraction of sp³-hybridized carbons (Fsp3) is 1.00. The molecule has 0 radical (unpaired) electrons. The van der Waals surface area contributed by atoms with Gasteiger partial charge in [0.1, 0.15) is 5.67 Å². The third-order valence-corrected chi connectivity index (χ3v) is 3.52. The van der Waals surface area contributed by atoms with Gasteiger partial charge in [-0.3, -0.25) is 0 Å². The van der Waals surface area contributed by atoms with Gasteiger partial charge in [-0.15, -0.1) is 0 Å². The lowest BCUT2D eigenvalue weighted by Gasteiger charge is -2.40. The normalized spacial score (nSPS) is 23.5. The first-order valence-electron chi connectivity index (χ1n) is 4.18. The van der Waals surface area contributed by atoms with E-state index in [9.17, 15) is 4.39 Å². The fourth-order valence-electron chi connectivity index (χ4n) is 1.35. The monoisotopic (exact) mass is 159 g/mol. The van der Waals surface area contributed by atoms with Gasteiger partial charge in [-0.25, -0.2) is 4.39 Å². The molecule has 1 fully saturated rings. The number of hydrogen-bond donors (Lipinski definition) is 1. The van der Waals surface area contributed by atoms with Crippen LogP contribution in [-0.4, -0.2) is 11.2 Å². The molecule has 1 nitrogen and oxygen atoms in total. The molecule has 66 valence electrons. The molecule has 2 N–H and O–H groups in total. The highest BCUT2D eigenvalue weighted by atomic mass is 19.1. The first kappa shape index (κ1) is 8.98. The van der Waals surface area contributed by atoms with E-state index in [1.54, 1.807) is 13.8 Å². The van der Waals surface area contributed by atoms with Crippen molar-refractivity contribution in [2.24, 2.45) is 11.1 Å². The molecule has 0 saturated heterocycles. The summed E-state index contributed by atoms with van der Waals surface area (Å²) >= 11 is 0. The van der Waals surface area contributed by atoms with Crippen LogP contribution in [0.5, 0.6) is 0 Å². The van der Waals surface area contributed by atoms with E-state index in [1.807, 2.05) is 13.8 Å². The molecular formula is C9H18FN. The molecule has 1 aliphatic rings. The van der Waals surface area contributed by atoms with E-state index in [1.165, 1.54) is 0 Å². The Balaban J connectivity index is 2.82. The summed E-state index contributed by atoms with van der Waals surface area (Å²) in [5.41, 5.74) is 4.14. The second-order valence-electron chi connectivity index (χ2n) is 4.75. The summed E-state index contributed by atoms with van der Waals surface area (Å²) in [6.07, 6.45) is 1.93. The number of rotatable bonds is 2.